The van der Waals surface area contributed by atoms with Crippen molar-refractivity contribution in [3.63, 3.8) is 0 Å². The van der Waals surface area contributed by atoms with E-state index in [9.17, 15) is 13.2 Å². The summed E-state index contributed by atoms with van der Waals surface area (Å²) in [5.74, 6) is -0.506. The monoisotopic (exact) mass is 435 g/mol. The first kappa shape index (κ1) is 21.1. The normalized spacial score (nSPS) is 13.1. The minimum absolute atomic E-state index is 0.343. The lowest BCUT2D eigenvalue weighted by atomic mass is 10.0. The van der Waals surface area contributed by atoms with E-state index in [-0.39, 0.29) is 6.54 Å². The number of carbonyl (C=O) groups excluding carboxylic acids is 1. The Labute approximate surface area is 182 Å². The highest BCUT2D eigenvalue weighted by Gasteiger charge is 2.22. The zero-order valence-corrected chi connectivity index (χ0v) is 18.7. The molecule has 3 aromatic carbocycles. The maximum atomic E-state index is 12.5. The summed E-state index contributed by atoms with van der Waals surface area (Å²) in [5.41, 5.74) is 8.33. The SMILES string of the molecule is Cc1cccc(N(CC(=O)N/N=C\c2ccc3c4c(cccc24)CC3)S(C)(=O)=O)c1C. The van der Waals surface area contributed by atoms with Crippen LogP contribution in [0.1, 0.15) is 27.8 Å². The fraction of sp³-hybridized carbons (Fsp3) is 0.250. The van der Waals surface area contributed by atoms with Crippen molar-refractivity contribution in [2.24, 2.45) is 5.10 Å². The molecule has 31 heavy (non-hydrogen) atoms. The number of aryl methyl sites for hydroxylation is 3. The van der Waals surface area contributed by atoms with Crippen LogP contribution in [0.4, 0.5) is 5.69 Å². The van der Waals surface area contributed by atoms with Gasteiger partial charge in [0, 0.05) is 5.56 Å². The maximum Gasteiger partial charge on any atom is 0.260 e. The van der Waals surface area contributed by atoms with Crippen LogP contribution in [0.3, 0.4) is 0 Å². The highest BCUT2D eigenvalue weighted by atomic mass is 32.2. The van der Waals surface area contributed by atoms with Gasteiger partial charge < -0.3 is 0 Å². The molecule has 0 aliphatic heterocycles. The largest absolute Gasteiger partial charge is 0.271 e. The second-order valence-electron chi connectivity index (χ2n) is 7.94. The van der Waals surface area contributed by atoms with E-state index in [1.807, 2.05) is 32.0 Å². The number of nitrogens with one attached hydrogen (secondary N) is 1. The molecule has 0 aromatic heterocycles. The molecule has 1 aliphatic carbocycles. The zero-order chi connectivity index (χ0) is 22.2. The van der Waals surface area contributed by atoms with Gasteiger partial charge in [-0.2, -0.15) is 5.10 Å². The van der Waals surface area contributed by atoms with E-state index in [2.05, 4.69) is 28.7 Å². The lowest BCUT2D eigenvalue weighted by molar-refractivity contribution is -0.119. The number of amides is 1. The van der Waals surface area contributed by atoms with E-state index in [0.29, 0.717) is 5.69 Å². The third kappa shape index (κ3) is 4.18. The summed E-state index contributed by atoms with van der Waals surface area (Å²) in [4.78, 5) is 12.5. The number of rotatable bonds is 6. The Bertz CT molecular complexity index is 1300. The molecule has 1 N–H and O–H groups in total. The lowest BCUT2D eigenvalue weighted by Crippen LogP contribution is -2.39. The minimum Gasteiger partial charge on any atom is -0.271 e. The number of hydrogen-bond donors (Lipinski definition) is 1. The van der Waals surface area contributed by atoms with E-state index in [1.54, 1.807) is 18.3 Å². The fourth-order valence-electron chi connectivity index (χ4n) is 4.11. The van der Waals surface area contributed by atoms with E-state index in [4.69, 9.17) is 0 Å². The second-order valence-corrected chi connectivity index (χ2v) is 9.84. The Kier molecular flexibility index (Phi) is 5.54. The summed E-state index contributed by atoms with van der Waals surface area (Å²) in [6.45, 7) is 3.40. The Morgan fingerprint density at radius 1 is 1.06 bits per heavy atom. The second kappa shape index (κ2) is 8.15. The van der Waals surface area contributed by atoms with Crippen molar-refractivity contribution in [1.82, 2.24) is 5.43 Å². The number of hydrogen-bond acceptors (Lipinski definition) is 4. The van der Waals surface area contributed by atoms with Gasteiger partial charge in [0.1, 0.15) is 6.54 Å². The molecule has 7 heteroatoms. The van der Waals surface area contributed by atoms with Crippen LogP contribution in [-0.2, 0) is 27.7 Å². The molecule has 1 amide bonds. The summed E-state index contributed by atoms with van der Waals surface area (Å²) in [7, 11) is -3.64. The molecule has 0 heterocycles. The summed E-state index contributed by atoms with van der Waals surface area (Å²) in [6.07, 6.45) is 4.80. The van der Waals surface area contributed by atoms with E-state index < -0.39 is 15.9 Å². The smallest absolute Gasteiger partial charge is 0.260 e. The first-order valence-corrected chi connectivity index (χ1v) is 12.0. The molecule has 3 aromatic rings. The molecule has 0 bridgehead atoms. The van der Waals surface area contributed by atoms with Gasteiger partial charge in [-0.1, -0.05) is 42.5 Å². The minimum atomic E-state index is -3.64. The number of anilines is 1. The topological polar surface area (TPSA) is 78.8 Å². The number of benzene rings is 3. The highest BCUT2D eigenvalue weighted by Crippen LogP contribution is 2.32. The quantitative estimate of drug-likeness (QED) is 0.476. The van der Waals surface area contributed by atoms with Gasteiger partial charge in [0.15, 0.2) is 0 Å². The van der Waals surface area contributed by atoms with E-state index in [1.165, 1.54) is 16.5 Å². The van der Waals surface area contributed by atoms with Crippen LogP contribution in [0.2, 0.25) is 0 Å². The van der Waals surface area contributed by atoms with Crippen LogP contribution >= 0.6 is 0 Å². The molecular formula is C24H25N3O3S. The van der Waals surface area contributed by atoms with E-state index in [0.717, 1.165) is 45.5 Å². The average molecular weight is 436 g/mol. The van der Waals surface area contributed by atoms with Crippen molar-refractivity contribution in [3.8, 4) is 0 Å². The molecule has 0 atom stereocenters. The van der Waals surface area contributed by atoms with Crippen LogP contribution in [0, 0.1) is 13.8 Å². The van der Waals surface area contributed by atoms with Crippen LogP contribution in [0.5, 0.6) is 0 Å². The summed E-state index contributed by atoms with van der Waals surface area (Å²) in [5, 5.41) is 6.48. The summed E-state index contributed by atoms with van der Waals surface area (Å²) in [6, 6.07) is 15.7. The number of carbonyl (C=O) groups is 1. The molecule has 0 radical (unpaired) electrons. The van der Waals surface area contributed by atoms with Gasteiger partial charge in [0.25, 0.3) is 5.91 Å². The molecule has 160 valence electrons. The van der Waals surface area contributed by atoms with Gasteiger partial charge in [0.05, 0.1) is 18.2 Å². The van der Waals surface area contributed by atoms with Crippen LogP contribution in [0.15, 0.2) is 53.6 Å². The lowest BCUT2D eigenvalue weighted by Gasteiger charge is -2.23. The fourth-order valence-corrected chi connectivity index (χ4v) is 5.02. The standard InChI is InChI=1S/C24H25N3O3S/c1-16-6-4-9-22(17(16)2)27(31(3,29)30)15-23(28)26-25-14-20-13-12-19-11-10-18-7-5-8-21(20)24(18)19/h4-9,12-14H,10-11,15H2,1-3H3,(H,26,28)/b25-14-. The Hall–Kier alpha value is -3.19. The zero-order valence-electron chi connectivity index (χ0n) is 17.8. The molecular weight excluding hydrogens is 410 g/mol. The van der Waals surface area contributed by atoms with Crippen molar-refractivity contribution in [2.45, 2.75) is 26.7 Å². The van der Waals surface area contributed by atoms with E-state index >= 15 is 0 Å². The van der Waals surface area contributed by atoms with Gasteiger partial charge in [-0.3, -0.25) is 9.10 Å². The number of hydrazone groups is 1. The maximum absolute atomic E-state index is 12.5. The van der Waals surface area contributed by atoms with Crippen molar-refractivity contribution in [2.75, 3.05) is 17.1 Å². The first-order valence-electron chi connectivity index (χ1n) is 10.1. The Balaban J connectivity index is 1.53. The molecule has 0 unspecified atom stereocenters. The van der Waals surface area contributed by atoms with Gasteiger partial charge in [-0.15, -0.1) is 0 Å². The summed E-state index contributed by atoms with van der Waals surface area (Å²) < 4.78 is 25.8. The molecule has 6 nitrogen and oxygen atoms in total. The van der Waals surface area contributed by atoms with Crippen molar-refractivity contribution >= 4 is 38.6 Å². The van der Waals surface area contributed by atoms with Crippen molar-refractivity contribution < 1.29 is 13.2 Å². The van der Waals surface area contributed by atoms with Gasteiger partial charge in [-0.25, -0.2) is 13.8 Å². The number of sulfonamides is 1. The summed E-state index contributed by atoms with van der Waals surface area (Å²) >= 11 is 0. The van der Waals surface area contributed by atoms with Crippen molar-refractivity contribution in [1.29, 1.82) is 0 Å². The molecule has 4 rings (SSSR count). The van der Waals surface area contributed by atoms with Gasteiger partial charge in [0.2, 0.25) is 10.0 Å². The third-order valence-electron chi connectivity index (χ3n) is 5.84. The number of nitrogens with zero attached hydrogens (tertiary/aromatic N) is 2. The molecule has 0 saturated carbocycles. The van der Waals surface area contributed by atoms with Crippen molar-refractivity contribution in [3.05, 3.63) is 76.3 Å². The molecule has 1 aliphatic rings. The predicted molar refractivity (Wildman–Crippen MR) is 125 cm³/mol. The third-order valence-corrected chi connectivity index (χ3v) is 6.96. The predicted octanol–water partition coefficient (Wildman–Crippen LogP) is 3.47. The Morgan fingerprint density at radius 3 is 2.52 bits per heavy atom. The van der Waals surface area contributed by atoms with Crippen LogP contribution < -0.4 is 9.73 Å². The molecule has 0 fully saturated rings. The van der Waals surface area contributed by atoms with Gasteiger partial charge in [-0.05, 0) is 65.8 Å². The Morgan fingerprint density at radius 2 is 1.77 bits per heavy atom. The average Bonchev–Trinajstić information content (AvgIpc) is 3.14. The van der Waals surface area contributed by atoms with Gasteiger partial charge >= 0.3 is 0 Å². The first-order chi connectivity index (χ1) is 14.8. The van der Waals surface area contributed by atoms with Crippen LogP contribution in [-0.4, -0.2) is 33.3 Å². The van der Waals surface area contributed by atoms with Crippen LogP contribution in [0.25, 0.3) is 10.8 Å². The molecule has 0 spiro atoms. The molecule has 0 saturated heterocycles. The highest BCUT2D eigenvalue weighted by molar-refractivity contribution is 7.92.